The number of phenolic OH excluding ortho intramolecular Hbond substituents is 1. The highest BCUT2D eigenvalue weighted by Gasteiger charge is 2.28. The van der Waals surface area contributed by atoms with Crippen LogP contribution in [0, 0.1) is 0 Å². The number of nitrogens with two attached hydrogens (primary N) is 1. The maximum Gasteiger partial charge on any atom is 0.239 e. The Labute approximate surface area is 126 Å². The Kier molecular flexibility index (Phi) is 4.85. The van der Waals surface area contributed by atoms with E-state index in [0.717, 1.165) is 26.2 Å². The fraction of sp³-hybridized carbons (Fsp3) is 0.462. The average molecular weight is 344 g/mol. The predicted molar refractivity (Wildman–Crippen MR) is 78.7 cm³/mol. The molecule has 0 aromatic heterocycles. The topological polar surface area (TPSA) is 87.8 Å². The van der Waals surface area contributed by atoms with E-state index in [9.17, 15) is 9.90 Å². The van der Waals surface area contributed by atoms with Crippen LogP contribution in [-0.2, 0) is 4.79 Å². The lowest BCUT2D eigenvalue weighted by Gasteiger charge is -2.33. The smallest absolute Gasteiger partial charge is 0.239 e. The summed E-state index contributed by atoms with van der Waals surface area (Å²) in [6, 6.07) is 2.83. The molecule has 6 nitrogen and oxygen atoms in total. The number of primary amides is 1. The van der Waals surface area contributed by atoms with Gasteiger partial charge in [-0.2, -0.15) is 0 Å². The zero-order valence-corrected chi connectivity index (χ0v) is 12.8. The van der Waals surface area contributed by atoms with E-state index >= 15 is 0 Å². The van der Waals surface area contributed by atoms with E-state index < -0.39 is 11.9 Å². The zero-order valence-electron chi connectivity index (χ0n) is 11.2. The molecule has 7 heteroatoms. The van der Waals surface area contributed by atoms with E-state index in [-0.39, 0.29) is 5.75 Å². The van der Waals surface area contributed by atoms with E-state index in [2.05, 4.69) is 21.2 Å². The molecule has 110 valence electrons. The summed E-state index contributed by atoms with van der Waals surface area (Å²) in [5, 5.41) is 13.1. The number of phenols is 1. The molecule has 1 saturated heterocycles. The normalized spacial score (nSPS) is 17.7. The number of hydrogen-bond donors (Lipinski definition) is 3. The largest absolute Gasteiger partial charge is 0.503 e. The second kappa shape index (κ2) is 6.43. The lowest BCUT2D eigenvalue weighted by molar-refractivity contribution is -0.123. The summed E-state index contributed by atoms with van der Waals surface area (Å²) >= 11 is 3.27. The predicted octanol–water partition coefficient (Wildman–Crippen LogP) is 0.595. The van der Waals surface area contributed by atoms with Crippen molar-refractivity contribution in [2.75, 3.05) is 33.3 Å². The number of benzene rings is 1. The molecule has 1 aliphatic rings. The molecule has 1 aromatic rings. The van der Waals surface area contributed by atoms with Gasteiger partial charge in [0.25, 0.3) is 0 Å². The SMILES string of the molecule is COc1cc(C(C(N)=O)N2CCNCC2)cc(Br)c1O. The minimum absolute atomic E-state index is 0.0137. The third-order valence-electron chi connectivity index (χ3n) is 3.37. The van der Waals surface area contributed by atoms with Crippen molar-refractivity contribution in [2.45, 2.75) is 6.04 Å². The highest BCUT2D eigenvalue weighted by atomic mass is 79.9. The number of piperazine rings is 1. The van der Waals surface area contributed by atoms with Crippen molar-refractivity contribution in [1.29, 1.82) is 0 Å². The van der Waals surface area contributed by atoms with Crippen LogP contribution in [0.1, 0.15) is 11.6 Å². The molecular weight excluding hydrogens is 326 g/mol. The molecule has 4 N–H and O–H groups in total. The summed E-state index contributed by atoms with van der Waals surface area (Å²) in [6.45, 7) is 3.13. The molecule has 1 aliphatic heterocycles. The first-order valence-corrected chi connectivity index (χ1v) is 7.14. The summed E-state index contributed by atoms with van der Waals surface area (Å²) in [5.74, 6) is -0.0814. The van der Waals surface area contributed by atoms with Crippen LogP contribution >= 0.6 is 15.9 Å². The standard InChI is InChI=1S/C13H18BrN3O3/c1-20-10-7-8(6-9(14)12(10)18)11(13(15)19)17-4-2-16-3-5-17/h6-7,11,16,18H,2-5H2,1H3,(H2,15,19). The first-order chi connectivity index (χ1) is 9.54. The number of methoxy groups -OCH3 is 1. The number of aromatic hydroxyl groups is 1. The van der Waals surface area contributed by atoms with Crippen molar-refractivity contribution in [3.63, 3.8) is 0 Å². The number of amides is 1. The van der Waals surface area contributed by atoms with Crippen LogP contribution in [0.25, 0.3) is 0 Å². The number of nitrogens with zero attached hydrogens (tertiary/aromatic N) is 1. The molecule has 0 spiro atoms. The third-order valence-corrected chi connectivity index (χ3v) is 3.98. The number of carbonyl (C=O) groups is 1. The Morgan fingerprint density at radius 2 is 2.15 bits per heavy atom. The Morgan fingerprint density at radius 1 is 1.50 bits per heavy atom. The average Bonchev–Trinajstić information content (AvgIpc) is 2.43. The van der Waals surface area contributed by atoms with Crippen LogP contribution in [0.2, 0.25) is 0 Å². The molecular formula is C13H18BrN3O3. The van der Waals surface area contributed by atoms with E-state index in [0.29, 0.717) is 15.8 Å². The molecule has 1 unspecified atom stereocenters. The lowest BCUT2D eigenvalue weighted by Crippen LogP contribution is -2.48. The van der Waals surface area contributed by atoms with Crippen LogP contribution in [0.3, 0.4) is 0 Å². The van der Waals surface area contributed by atoms with Crippen molar-refractivity contribution in [2.24, 2.45) is 5.73 Å². The molecule has 1 atom stereocenters. The first-order valence-electron chi connectivity index (χ1n) is 6.35. The van der Waals surface area contributed by atoms with E-state index in [1.807, 2.05) is 4.90 Å². The minimum atomic E-state index is -0.525. The second-order valence-corrected chi connectivity index (χ2v) is 5.50. The highest BCUT2D eigenvalue weighted by molar-refractivity contribution is 9.10. The van der Waals surface area contributed by atoms with Gasteiger partial charge in [0.05, 0.1) is 11.6 Å². The van der Waals surface area contributed by atoms with Gasteiger partial charge in [-0.25, -0.2) is 0 Å². The molecule has 0 radical (unpaired) electrons. The van der Waals surface area contributed by atoms with Gasteiger partial charge in [-0.3, -0.25) is 9.69 Å². The summed E-state index contributed by atoms with van der Waals surface area (Å²) in [5.41, 5.74) is 6.27. The third kappa shape index (κ3) is 3.05. The lowest BCUT2D eigenvalue weighted by atomic mass is 10.0. The van der Waals surface area contributed by atoms with Crippen molar-refractivity contribution in [3.05, 3.63) is 22.2 Å². The Balaban J connectivity index is 2.38. The number of halogens is 1. The molecule has 0 bridgehead atoms. The van der Waals surface area contributed by atoms with Crippen LogP contribution < -0.4 is 15.8 Å². The fourth-order valence-electron chi connectivity index (χ4n) is 2.40. The Hall–Kier alpha value is -1.31. The van der Waals surface area contributed by atoms with Gasteiger partial charge in [-0.05, 0) is 33.6 Å². The number of rotatable bonds is 4. The summed E-state index contributed by atoms with van der Waals surface area (Å²) in [4.78, 5) is 13.9. The van der Waals surface area contributed by atoms with Crippen molar-refractivity contribution in [1.82, 2.24) is 10.2 Å². The number of ether oxygens (including phenoxy) is 1. The molecule has 20 heavy (non-hydrogen) atoms. The van der Waals surface area contributed by atoms with Crippen LogP contribution in [0.5, 0.6) is 11.5 Å². The molecule has 1 fully saturated rings. The molecule has 1 heterocycles. The molecule has 1 amide bonds. The van der Waals surface area contributed by atoms with Crippen LogP contribution in [0.15, 0.2) is 16.6 Å². The highest BCUT2D eigenvalue weighted by Crippen LogP contribution is 2.38. The van der Waals surface area contributed by atoms with Gasteiger partial charge < -0.3 is 20.9 Å². The summed E-state index contributed by atoms with van der Waals surface area (Å²) < 4.78 is 5.60. The molecule has 1 aromatic carbocycles. The van der Waals surface area contributed by atoms with E-state index in [1.54, 1.807) is 12.1 Å². The van der Waals surface area contributed by atoms with Gasteiger partial charge >= 0.3 is 0 Å². The summed E-state index contributed by atoms with van der Waals surface area (Å²) in [7, 11) is 1.47. The van der Waals surface area contributed by atoms with E-state index in [4.69, 9.17) is 10.5 Å². The minimum Gasteiger partial charge on any atom is -0.503 e. The molecule has 0 aliphatic carbocycles. The van der Waals surface area contributed by atoms with Gasteiger partial charge in [0.2, 0.25) is 5.91 Å². The van der Waals surface area contributed by atoms with Crippen molar-refractivity contribution < 1.29 is 14.6 Å². The molecule has 2 rings (SSSR count). The summed E-state index contributed by atoms with van der Waals surface area (Å²) in [6.07, 6.45) is 0. The van der Waals surface area contributed by atoms with Crippen LogP contribution in [0.4, 0.5) is 0 Å². The van der Waals surface area contributed by atoms with Gasteiger partial charge in [0.1, 0.15) is 6.04 Å². The molecule has 0 saturated carbocycles. The number of nitrogens with one attached hydrogen (secondary N) is 1. The van der Waals surface area contributed by atoms with Gasteiger partial charge in [-0.1, -0.05) is 0 Å². The zero-order chi connectivity index (χ0) is 14.7. The second-order valence-electron chi connectivity index (χ2n) is 4.64. The van der Waals surface area contributed by atoms with Crippen molar-refractivity contribution in [3.8, 4) is 11.5 Å². The Morgan fingerprint density at radius 3 is 2.70 bits per heavy atom. The first kappa shape index (κ1) is 15.1. The van der Waals surface area contributed by atoms with Crippen LogP contribution in [-0.4, -0.2) is 49.2 Å². The van der Waals surface area contributed by atoms with Gasteiger partial charge in [-0.15, -0.1) is 0 Å². The quantitative estimate of drug-likeness (QED) is 0.744. The van der Waals surface area contributed by atoms with Gasteiger partial charge in [0, 0.05) is 26.2 Å². The maximum atomic E-state index is 11.8. The number of carbonyl (C=O) groups excluding carboxylic acids is 1. The van der Waals surface area contributed by atoms with Gasteiger partial charge in [0.15, 0.2) is 11.5 Å². The maximum absolute atomic E-state index is 11.8. The fourth-order valence-corrected chi connectivity index (χ4v) is 2.86. The number of hydrogen-bond acceptors (Lipinski definition) is 5. The van der Waals surface area contributed by atoms with Crippen molar-refractivity contribution >= 4 is 21.8 Å². The van der Waals surface area contributed by atoms with E-state index in [1.165, 1.54) is 7.11 Å². The monoisotopic (exact) mass is 343 g/mol. The Bertz CT molecular complexity index is 504.